The number of ether oxygens (including phenoxy) is 3. The first-order valence-electron chi connectivity index (χ1n) is 16.9. The van der Waals surface area contributed by atoms with E-state index >= 15 is 4.39 Å². The Morgan fingerprint density at radius 1 is 1.20 bits per heavy atom. The van der Waals surface area contributed by atoms with Gasteiger partial charge in [-0.05, 0) is 37.5 Å². The molecule has 0 unspecified atom stereocenters. The first-order chi connectivity index (χ1) is 24.1. The van der Waals surface area contributed by atoms with Crippen molar-refractivity contribution in [2.24, 2.45) is 5.41 Å². The molecule has 0 radical (unpaired) electrons. The van der Waals surface area contributed by atoms with Gasteiger partial charge in [-0.25, -0.2) is 13.8 Å². The summed E-state index contributed by atoms with van der Waals surface area (Å²) in [5.41, 5.74) is -0.612. The number of pyridine rings is 1. The third-order valence-electron chi connectivity index (χ3n) is 9.80. The van der Waals surface area contributed by atoms with E-state index in [9.17, 15) is 14.3 Å². The number of amides is 1. The number of benzene rings is 1. The number of hydrogen-bond acceptors (Lipinski definition) is 11. The van der Waals surface area contributed by atoms with Crippen molar-refractivity contribution in [1.82, 2.24) is 25.2 Å². The number of carbonyl (C=O) groups excluding carboxylic acids is 1. The number of fused-ring (bicyclic) bond motifs is 2. The third-order valence-corrected chi connectivity index (χ3v) is 9.80. The lowest BCUT2D eigenvalue weighted by atomic mass is 9.88. The summed E-state index contributed by atoms with van der Waals surface area (Å²) in [4.78, 5) is 31.8. The van der Waals surface area contributed by atoms with Crippen LogP contribution in [0.15, 0.2) is 31.0 Å². The van der Waals surface area contributed by atoms with Crippen LogP contribution >= 0.6 is 0 Å². The minimum Gasteiger partial charge on any atom is -0.463 e. The zero-order chi connectivity index (χ0) is 35.0. The first-order valence-corrected chi connectivity index (χ1v) is 16.9. The number of carbonyl (C=O) groups is 1. The van der Waals surface area contributed by atoms with Crippen LogP contribution in [-0.2, 0) is 20.7 Å². The molecule has 2 atom stereocenters. The van der Waals surface area contributed by atoms with Gasteiger partial charge in [-0.2, -0.15) is 9.97 Å². The van der Waals surface area contributed by atoms with Gasteiger partial charge in [0.1, 0.15) is 17.2 Å². The number of halogens is 2. The lowest BCUT2D eigenvalue weighted by Crippen LogP contribution is -2.45. The second-order valence-corrected chi connectivity index (χ2v) is 13.9. The van der Waals surface area contributed by atoms with E-state index < -0.39 is 23.3 Å². The molecule has 1 aromatic carbocycles. The highest BCUT2D eigenvalue weighted by atomic mass is 19.1. The second-order valence-electron chi connectivity index (χ2n) is 13.9. The maximum Gasteiger partial charge on any atom is 0.319 e. The molecule has 1 amide bonds. The number of nitrogens with one attached hydrogen (secondary N) is 1. The van der Waals surface area contributed by atoms with Gasteiger partial charge >= 0.3 is 6.01 Å². The van der Waals surface area contributed by atoms with Gasteiger partial charge in [0.25, 0.3) is 0 Å². The van der Waals surface area contributed by atoms with Gasteiger partial charge in [0.05, 0.1) is 67.9 Å². The molecule has 12 nitrogen and oxygen atoms in total. The smallest absolute Gasteiger partial charge is 0.319 e. The Kier molecular flexibility index (Phi) is 9.34. The zero-order valence-corrected chi connectivity index (χ0v) is 28.1. The van der Waals surface area contributed by atoms with Crippen LogP contribution in [0.4, 0.5) is 26.1 Å². The molecule has 3 aromatic rings. The molecule has 1 aliphatic carbocycles. The Hall–Kier alpha value is -4.42. The number of aliphatic hydroxyl groups is 1. The highest BCUT2D eigenvalue weighted by molar-refractivity contribution is 5.92. The van der Waals surface area contributed by atoms with E-state index in [0.29, 0.717) is 56.3 Å². The predicted molar refractivity (Wildman–Crippen MR) is 183 cm³/mol. The minimum atomic E-state index is -1.29. The molecule has 0 spiro atoms. The van der Waals surface area contributed by atoms with E-state index in [1.807, 2.05) is 4.90 Å². The largest absolute Gasteiger partial charge is 0.463 e. The van der Waals surface area contributed by atoms with E-state index in [4.69, 9.17) is 25.6 Å². The van der Waals surface area contributed by atoms with Gasteiger partial charge in [-0.15, -0.1) is 6.42 Å². The van der Waals surface area contributed by atoms with Gasteiger partial charge in [-0.1, -0.05) is 18.6 Å². The third kappa shape index (κ3) is 6.96. The summed E-state index contributed by atoms with van der Waals surface area (Å²) in [5.74, 6) is 0.823. The molecular formula is C36H41F2N7O5. The van der Waals surface area contributed by atoms with Crippen molar-refractivity contribution in [3.63, 3.8) is 0 Å². The van der Waals surface area contributed by atoms with E-state index in [1.54, 1.807) is 13.0 Å². The first kappa shape index (κ1) is 34.0. The van der Waals surface area contributed by atoms with E-state index in [2.05, 4.69) is 32.7 Å². The number of rotatable bonds is 9. The summed E-state index contributed by atoms with van der Waals surface area (Å²) in [5, 5.41) is 14.4. The summed E-state index contributed by atoms with van der Waals surface area (Å²) in [6.45, 7) is 10.7. The predicted octanol–water partition coefficient (Wildman–Crippen LogP) is 2.73. The number of aromatic nitrogens is 3. The highest BCUT2D eigenvalue weighted by Gasteiger charge is 2.45. The van der Waals surface area contributed by atoms with Gasteiger partial charge in [0.2, 0.25) is 5.91 Å². The number of morpholine rings is 1. The Bertz CT molecular complexity index is 1840. The summed E-state index contributed by atoms with van der Waals surface area (Å²) in [7, 11) is 0. The lowest BCUT2D eigenvalue weighted by molar-refractivity contribution is -0.117. The van der Waals surface area contributed by atoms with Crippen LogP contribution in [0.5, 0.6) is 6.01 Å². The van der Waals surface area contributed by atoms with Gasteiger partial charge in [0.15, 0.2) is 11.6 Å². The molecule has 264 valence electrons. The Morgan fingerprint density at radius 3 is 2.72 bits per heavy atom. The average Bonchev–Trinajstić information content (AvgIpc) is 3.91. The van der Waals surface area contributed by atoms with Crippen molar-refractivity contribution in [2.45, 2.75) is 37.8 Å². The maximum absolute atomic E-state index is 17.0. The van der Waals surface area contributed by atoms with Crippen molar-refractivity contribution >= 4 is 34.1 Å². The molecule has 2 saturated heterocycles. The fraction of sp³-hybridized carbons (Fsp3) is 0.500. The highest BCUT2D eigenvalue weighted by Crippen LogP contribution is 2.47. The van der Waals surface area contributed by atoms with Crippen molar-refractivity contribution in [2.75, 3.05) is 82.1 Å². The maximum atomic E-state index is 17.0. The zero-order valence-electron chi connectivity index (χ0n) is 28.1. The van der Waals surface area contributed by atoms with Crippen LogP contribution in [-0.4, -0.2) is 115 Å². The molecule has 2 aromatic heterocycles. The summed E-state index contributed by atoms with van der Waals surface area (Å²) in [6, 6.07) is 2.39. The molecule has 3 aliphatic heterocycles. The monoisotopic (exact) mass is 689 g/mol. The molecule has 7 rings (SSSR count). The van der Waals surface area contributed by atoms with E-state index in [-0.39, 0.29) is 59.5 Å². The van der Waals surface area contributed by atoms with Gasteiger partial charge in [0, 0.05) is 50.8 Å². The Labute approximate surface area is 289 Å². The number of β-amino-alcohol motifs (C(OH)–C–C–N with tert-alkyl or cyclic N) is 1. The molecule has 0 bridgehead atoms. The molecular weight excluding hydrogens is 648 g/mol. The summed E-state index contributed by atoms with van der Waals surface area (Å²) >= 11 is 0. The fourth-order valence-corrected chi connectivity index (χ4v) is 7.10. The topological polar surface area (TPSA) is 125 Å². The van der Waals surface area contributed by atoms with Crippen LogP contribution in [0.1, 0.15) is 30.9 Å². The summed E-state index contributed by atoms with van der Waals surface area (Å²) < 4.78 is 49.6. The SMILES string of the molecule is C#Cc1c(F)ccc2c1N(c1ncc3c(N4CCOC[C@@H](NC(=O)C=C)C4)nc(OCC4(CN5CCOCC5)CC4)nc3c1F)C[C@@](C)(O)C2. The molecule has 14 heteroatoms. The van der Waals surface area contributed by atoms with E-state index in [1.165, 1.54) is 23.2 Å². The van der Waals surface area contributed by atoms with Crippen molar-refractivity contribution in [3.05, 3.63) is 53.7 Å². The molecule has 2 N–H and O–H groups in total. The number of anilines is 3. The Balaban J connectivity index is 1.29. The van der Waals surface area contributed by atoms with Crippen LogP contribution in [0.2, 0.25) is 0 Å². The average molecular weight is 690 g/mol. The van der Waals surface area contributed by atoms with Gasteiger partial charge < -0.3 is 34.4 Å². The van der Waals surface area contributed by atoms with Crippen molar-refractivity contribution in [3.8, 4) is 18.4 Å². The van der Waals surface area contributed by atoms with Crippen molar-refractivity contribution in [1.29, 1.82) is 0 Å². The standard InChI is InChI=1S/C36H41F2N7O5/c1-4-25-27(37)7-6-23-16-35(3,47)20-45(31(23)25)33-29(38)30-26(17-39-33)32(44-12-15-49-19-24(18-44)40-28(46)5-2)42-34(41-30)50-22-36(8-9-36)21-43-10-13-48-14-11-43/h1,5-7,17,24,47H,2,8-16,18-22H2,3H3,(H,40,46)/t24-,35-/m0/s1. The number of terminal acetylenes is 1. The minimum absolute atomic E-state index is 0.00459. The van der Waals surface area contributed by atoms with Crippen LogP contribution in [0, 0.1) is 29.4 Å². The number of nitrogens with zero attached hydrogens (tertiary/aromatic N) is 6. The number of hydrogen-bond donors (Lipinski definition) is 2. The lowest BCUT2D eigenvalue weighted by Gasteiger charge is -2.39. The van der Waals surface area contributed by atoms with Crippen LogP contribution in [0.25, 0.3) is 10.9 Å². The molecule has 3 fully saturated rings. The van der Waals surface area contributed by atoms with Gasteiger partial charge in [-0.3, -0.25) is 9.69 Å². The fourth-order valence-electron chi connectivity index (χ4n) is 7.10. The second kappa shape index (κ2) is 13.7. The van der Waals surface area contributed by atoms with Crippen LogP contribution < -0.4 is 19.9 Å². The Morgan fingerprint density at radius 2 is 1.98 bits per heavy atom. The summed E-state index contributed by atoms with van der Waals surface area (Å²) in [6.07, 6.45) is 10.6. The molecule has 4 aliphatic rings. The quantitative estimate of drug-likeness (QED) is 0.255. The van der Waals surface area contributed by atoms with E-state index in [0.717, 1.165) is 32.5 Å². The molecule has 50 heavy (non-hydrogen) atoms. The molecule has 1 saturated carbocycles. The van der Waals surface area contributed by atoms with Crippen LogP contribution in [0.3, 0.4) is 0 Å². The van der Waals surface area contributed by atoms with Crippen molar-refractivity contribution < 1.29 is 32.9 Å². The normalized spacial score (nSPS) is 23.5. The molecule has 5 heterocycles.